The van der Waals surface area contributed by atoms with Crippen molar-refractivity contribution in [3.63, 3.8) is 0 Å². The van der Waals surface area contributed by atoms with Gasteiger partial charge in [-0.3, -0.25) is 9.69 Å². The number of benzene rings is 2. The van der Waals surface area contributed by atoms with Crippen LogP contribution in [0.4, 0.5) is 18.9 Å². The van der Waals surface area contributed by atoms with Gasteiger partial charge in [0.2, 0.25) is 6.79 Å². The first-order chi connectivity index (χ1) is 15.8. The molecule has 0 atom stereocenters. The Morgan fingerprint density at radius 1 is 1.03 bits per heavy atom. The molecule has 1 aromatic heterocycles. The molecule has 33 heavy (non-hydrogen) atoms. The van der Waals surface area contributed by atoms with Gasteiger partial charge in [-0.15, -0.1) is 0 Å². The van der Waals surface area contributed by atoms with Gasteiger partial charge >= 0.3 is 6.18 Å². The minimum absolute atomic E-state index is 0.0721. The lowest BCUT2D eigenvalue weighted by molar-refractivity contribution is -0.137. The van der Waals surface area contributed by atoms with Gasteiger partial charge in [0.05, 0.1) is 11.1 Å². The molecule has 0 radical (unpaired) electrons. The normalized spacial score (nSPS) is 17.0. The fourth-order valence-corrected chi connectivity index (χ4v) is 4.51. The second-order valence-electron chi connectivity index (χ2n) is 8.57. The molecule has 3 aromatic rings. The van der Waals surface area contributed by atoms with Gasteiger partial charge in [0.15, 0.2) is 11.5 Å². The molecular weight excluding hydrogens is 435 g/mol. The SMILES string of the molecule is Cn1c(=O)cc(NC2CCN(Cc3ccc4c(c3)OCO4)CC2)c2cc(C(F)(F)F)ccc21. The van der Waals surface area contributed by atoms with Crippen molar-refractivity contribution in [3.05, 3.63) is 63.9 Å². The zero-order chi connectivity index (χ0) is 23.2. The Hall–Kier alpha value is -3.20. The Morgan fingerprint density at radius 2 is 1.79 bits per heavy atom. The number of piperidine rings is 1. The van der Waals surface area contributed by atoms with Crippen LogP contribution in [0.25, 0.3) is 10.9 Å². The van der Waals surface area contributed by atoms with E-state index in [1.165, 1.54) is 16.7 Å². The molecule has 0 spiro atoms. The van der Waals surface area contributed by atoms with Crippen LogP contribution in [0.2, 0.25) is 0 Å². The number of aromatic nitrogens is 1. The van der Waals surface area contributed by atoms with Gasteiger partial charge in [0.1, 0.15) is 0 Å². The summed E-state index contributed by atoms with van der Waals surface area (Å²) in [6.45, 7) is 2.70. The molecule has 6 nitrogen and oxygen atoms in total. The summed E-state index contributed by atoms with van der Waals surface area (Å²) < 4.78 is 52.0. The van der Waals surface area contributed by atoms with Crippen molar-refractivity contribution in [1.29, 1.82) is 0 Å². The Kier molecular flexibility index (Phi) is 5.44. The van der Waals surface area contributed by atoms with E-state index in [9.17, 15) is 18.0 Å². The van der Waals surface area contributed by atoms with Gasteiger partial charge < -0.3 is 19.4 Å². The molecular formula is C24H24F3N3O3. The highest BCUT2D eigenvalue weighted by molar-refractivity contribution is 5.92. The number of rotatable bonds is 4. The Balaban J connectivity index is 1.29. The first-order valence-corrected chi connectivity index (χ1v) is 10.9. The van der Waals surface area contributed by atoms with Crippen molar-refractivity contribution in [2.45, 2.75) is 31.6 Å². The zero-order valence-corrected chi connectivity index (χ0v) is 18.1. The standard InChI is InChI=1S/C24H24F3N3O3/c1-29-20-4-3-16(24(25,26)27)11-18(20)19(12-23(29)31)28-17-6-8-30(9-7-17)13-15-2-5-21-22(10-15)33-14-32-21/h2-5,10-12,17,28H,6-9,13-14H2,1H3. The van der Waals surface area contributed by atoms with Gasteiger partial charge in [0.25, 0.3) is 5.56 Å². The molecule has 1 saturated heterocycles. The number of likely N-dealkylation sites (tertiary alicyclic amines) is 1. The van der Waals surface area contributed by atoms with Crippen LogP contribution < -0.4 is 20.3 Å². The third-order valence-corrected chi connectivity index (χ3v) is 6.36. The summed E-state index contributed by atoms with van der Waals surface area (Å²) in [7, 11) is 1.57. The summed E-state index contributed by atoms with van der Waals surface area (Å²) in [5.41, 5.74) is 1.08. The van der Waals surface area contributed by atoms with Gasteiger partial charge in [-0.1, -0.05) is 6.07 Å². The Labute approximate surface area is 188 Å². The average molecular weight is 459 g/mol. The Bertz CT molecular complexity index is 1250. The maximum Gasteiger partial charge on any atom is 0.416 e. The summed E-state index contributed by atoms with van der Waals surface area (Å²) in [5, 5.41) is 3.74. The summed E-state index contributed by atoms with van der Waals surface area (Å²) in [6.07, 6.45) is -2.80. The van der Waals surface area contributed by atoms with Gasteiger partial charge in [-0.2, -0.15) is 13.2 Å². The lowest BCUT2D eigenvalue weighted by Crippen LogP contribution is -2.38. The maximum absolute atomic E-state index is 13.3. The highest BCUT2D eigenvalue weighted by Gasteiger charge is 2.31. The van der Waals surface area contributed by atoms with Gasteiger partial charge in [0, 0.05) is 49.9 Å². The summed E-state index contributed by atoms with van der Waals surface area (Å²) in [4.78, 5) is 14.7. The third kappa shape index (κ3) is 4.37. The largest absolute Gasteiger partial charge is 0.454 e. The van der Waals surface area contributed by atoms with E-state index >= 15 is 0 Å². The molecule has 0 amide bonds. The van der Waals surface area contributed by atoms with Crippen LogP contribution in [-0.2, 0) is 19.8 Å². The molecule has 174 valence electrons. The molecule has 0 bridgehead atoms. The summed E-state index contributed by atoms with van der Waals surface area (Å²) in [5.74, 6) is 1.52. The number of ether oxygens (including phenoxy) is 2. The fraction of sp³-hybridized carbons (Fsp3) is 0.375. The van der Waals surface area contributed by atoms with Crippen molar-refractivity contribution in [1.82, 2.24) is 9.47 Å². The topological polar surface area (TPSA) is 55.7 Å². The molecule has 0 saturated carbocycles. The number of aryl methyl sites for hydroxylation is 1. The number of halogens is 3. The minimum atomic E-state index is -4.44. The summed E-state index contributed by atoms with van der Waals surface area (Å²) >= 11 is 0. The smallest absolute Gasteiger partial charge is 0.416 e. The van der Waals surface area contributed by atoms with Crippen molar-refractivity contribution < 1.29 is 22.6 Å². The predicted molar refractivity (Wildman–Crippen MR) is 119 cm³/mol. The maximum atomic E-state index is 13.3. The van der Waals surface area contributed by atoms with E-state index in [2.05, 4.69) is 10.2 Å². The van der Waals surface area contributed by atoms with E-state index in [4.69, 9.17) is 9.47 Å². The van der Waals surface area contributed by atoms with Crippen LogP contribution in [0.1, 0.15) is 24.0 Å². The number of hydrogen-bond acceptors (Lipinski definition) is 5. The molecule has 2 aromatic carbocycles. The van der Waals surface area contributed by atoms with Crippen LogP contribution in [0, 0.1) is 0 Å². The van der Waals surface area contributed by atoms with E-state index < -0.39 is 11.7 Å². The molecule has 0 aliphatic carbocycles. The zero-order valence-electron chi connectivity index (χ0n) is 18.1. The van der Waals surface area contributed by atoms with Crippen LogP contribution in [0.5, 0.6) is 11.5 Å². The minimum Gasteiger partial charge on any atom is -0.454 e. The molecule has 0 unspecified atom stereocenters. The lowest BCUT2D eigenvalue weighted by Gasteiger charge is -2.33. The van der Waals surface area contributed by atoms with Crippen molar-refractivity contribution in [2.75, 3.05) is 25.2 Å². The third-order valence-electron chi connectivity index (χ3n) is 6.36. The molecule has 9 heteroatoms. The number of nitrogens with one attached hydrogen (secondary N) is 1. The molecule has 3 heterocycles. The van der Waals surface area contributed by atoms with Crippen molar-refractivity contribution in [2.24, 2.45) is 7.05 Å². The van der Waals surface area contributed by atoms with Crippen molar-refractivity contribution >= 4 is 16.6 Å². The number of anilines is 1. The molecule has 2 aliphatic heterocycles. The van der Waals surface area contributed by atoms with E-state index in [-0.39, 0.29) is 18.4 Å². The van der Waals surface area contributed by atoms with Crippen LogP contribution in [-0.4, -0.2) is 35.4 Å². The van der Waals surface area contributed by atoms with Crippen LogP contribution in [0.3, 0.4) is 0 Å². The first-order valence-electron chi connectivity index (χ1n) is 10.9. The van der Waals surface area contributed by atoms with Crippen LogP contribution in [0.15, 0.2) is 47.3 Å². The monoisotopic (exact) mass is 459 g/mol. The quantitative estimate of drug-likeness (QED) is 0.628. The fourth-order valence-electron chi connectivity index (χ4n) is 4.51. The second-order valence-corrected chi connectivity index (χ2v) is 8.57. The predicted octanol–water partition coefficient (Wildman–Crippen LogP) is 4.36. The number of nitrogens with zero attached hydrogens (tertiary/aromatic N) is 2. The summed E-state index contributed by atoms with van der Waals surface area (Å²) in [6, 6.07) is 10.9. The second kappa shape index (κ2) is 8.30. The molecule has 1 fully saturated rings. The number of hydrogen-bond donors (Lipinski definition) is 1. The lowest BCUT2D eigenvalue weighted by atomic mass is 10.0. The molecule has 2 aliphatic rings. The Morgan fingerprint density at radius 3 is 2.55 bits per heavy atom. The van der Waals surface area contributed by atoms with E-state index in [1.807, 2.05) is 18.2 Å². The van der Waals surface area contributed by atoms with Gasteiger partial charge in [-0.25, -0.2) is 0 Å². The average Bonchev–Trinajstić information content (AvgIpc) is 3.25. The number of alkyl halides is 3. The van der Waals surface area contributed by atoms with E-state index in [0.29, 0.717) is 16.6 Å². The highest BCUT2D eigenvalue weighted by Crippen LogP contribution is 2.34. The first kappa shape index (κ1) is 21.6. The van der Waals surface area contributed by atoms with Gasteiger partial charge in [-0.05, 0) is 48.7 Å². The number of fused-ring (bicyclic) bond motifs is 2. The number of pyridine rings is 1. The highest BCUT2D eigenvalue weighted by atomic mass is 19.4. The van der Waals surface area contributed by atoms with E-state index in [1.54, 1.807) is 7.05 Å². The van der Waals surface area contributed by atoms with E-state index in [0.717, 1.165) is 61.7 Å². The van der Waals surface area contributed by atoms with Crippen molar-refractivity contribution in [3.8, 4) is 11.5 Å². The van der Waals surface area contributed by atoms with Crippen LogP contribution >= 0.6 is 0 Å². The molecule has 1 N–H and O–H groups in total. The molecule has 5 rings (SSSR count).